The lowest BCUT2D eigenvalue weighted by Gasteiger charge is -2.02. The van der Waals surface area contributed by atoms with Crippen molar-refractivity contribution >= 4 is 5.57 Å². The highest BCUT2D eigenvalue weighted by Gasteiger charge is 2.13. The lowest BCUT2D eigenvalue weighted by atomic mass is 10.1. The van der Waals surface area contributed by atoms with Gasteiger partial charge in [0.25, 0.3) is 0 Å². The van der Waals surface area contributed by atoms with Crippen molar-refractivity contribution in [1.82, 2.24) is 0 Å². The van der Waals surface area contributed by atoms with Gasteiger partial charge in [-0.2, -0.15) is 4.73 Å². The number of allylic oxidation sites excluding steroid dienone is 2. The molecule has 0 aliphatic heterocycles. The summed E-state index contributed by atoms with van der Waals surface area (Å²) in [6.07, 6.45) is 7.05. The summed E-state index contributed by atoms with van der Waals surface area (Å²) in [5.74, 6) is 0. The molecule has 1 aliphatic carbocycles. The molecule has 0 fully saturated rings. The van der Waals surface area contributed by atoms with Crippen molar-refractivity contribution in [3.05, 3.63) is 41.4 Å². The van der Waals surface area contributed by atoms with Crippen molar-refractivity contribution in [3.8, 4) is 0 Å². The first-order valence-electron chi connectivity index (χ1n) is 4.25. The third kappa shape index (κ3) is 1.20. The molecule has 1 aromatic rings. The summed E-state index contributed by atoms with van der Waals surface area (Å²) in [5.41, 5.74) is 2.01. The van der Waals surface area contributed by atoms with Gasteiger partial charge in [0, 0.05) is 17.7 Å². The van der Waals surface area contributed by atoms with Crippen LogP contribution < -0.4 is 4.73 Å². The van der Waals surface area contributed by atoms with Gasteiger partial charge in [0.15, 0.2) is 6.20 Å². The summed E-state index contributed by atoms with van der Waals surface area (Å²) < 4.78 is 0.942. The van der Waals surface area contributed by atoms with Crippen LogP contribution in [0.3, 0.4) is 0 Å². The fourth-order valence-electron chi connectivity index (χ4n) is 1.58. The van der Waals surface area contributed by atoms with Crippen LogP contribution in [-0.4, -0.2) is 0 Å². The second-order valence-corrected chi connectivity index (χ2v) is 3.03. The molecule has 12 heavy (non-hydrogen) atoms. The van der Waals surface area contributed by atoms with Crippen LogP contribution in [0, 0.1) is 5.21 Å². The van der Waals surface area contributed by atoms with Gasteiger partial charge in [0.2, 0.25) is 5.69 Å². The third-order valence-electron chi connectivity index (χ3n) is 2.19. The molecule has 2 rings (SSSR count). The zero-order valence-electron chi connectivity index (χ0n) is 6.86. The van der Waals surface area contributed by atoms with E-state index in [2.05, 4.69) is 6.08 Å². The molecule has 0 atom stereocenters. The van der Waals surface area contributed by atoms with Gasteiger partial charge in [0.1, 0.15) is 0 Å². The third-order valence-corrected chi connectivity index (χ3v) is 2.19. The largest absolute Gasteiger partial charge is 0.618 e. The number of hydrogen-bond acceptors (Lipinski definition) is 1. The van der Waals surface area contributed by atoms with Crippen LogP contribution in [0.5, 0.6) is 0 Å². The van der Waals surface area contributed by atoms with Crippen LogP contribution in [0.4, 0.5) is 0 Å². The lowest BCUT2D eigenvalue weighted by Crippen LogP contribution is -2.29. The van der Waals surface area contributed by atoms with E-state index in [1.807, 2.05) is 12.1 Å². The van der Waals surface area contributed by atoms with Crippen LogP contribution in [0.1, 0.15) is 25.0 Å². The molecule has 2 nitrogen and oxygen atoms in total. The summed E-state index contributed by atoms with van der Waals surface area (Å²) in [6, 6.07) is 5.54. The quantitative estimate of drug-likeness (QED) is 0.456. The second-order valence-electron chi connectivity index (χ2n) is 3.03. The maximum Gasteiger partial charge on any atom is 0.219 e. The second kappa shape index (κ2) is 2.97. The van der Waals surface area contributed by atoms with Gasteiger partial charge in [-0.15, -0.1) is 0 Å². The standard InChI is InChI=1S/C10H11NO/c12-11-8-4-3-7-10(11)9-5-1-2-6-9/h3-5,7-8H,1-2,6H2. The van der Waals surface area contributed by atoms with Crippen molar-refractivity contribution < 1.29 is 4.73 Å². The molecule has 1 aliphatic rings. The Bertz CT molecular complexity index is 317. The number of nitrogens with zero attached hydrogens (tertiary/aromatic N) is 1. The first kappa shape index (κ1) is 7.35. The predicted octanol–water partition coefficient (Wildman–Crippen LogP) is 1.89. The van der Waals surface area contributed by atoms with Crippen molar-refractivity contribution in [3.63, 3.8) is 0 Å². The van der Waals surface area contributed by atoms with Crippen LogP contribution in [0.25, 0.3) is 5.57 Å². The first-order chi connectivity index (χ1) is 5.88. The summed E-state index contributed by atoms with van der Waals surface area (Å²) >= 11 is 0. The Hall–Kier alpha value is -1.31. The van der Waals surface area contributed by atoms with Gasteiger partial charge in [-0.1, -0.05) is 6.08 Å². The average Bonchev–Trinajstić information content (AvgIpc) is 2.57. The SMILES string of the molecule is [O-][n+]1ccccc1C1=CCCC1. The molecule has 0 saturated carbocycles. The molecular weight excluding hydrogens is 150 g/mol. The van der Waals surface area contributed by atoms with E-state index in [0.29, 0.717) is 0 Å². The molecule has 0 unspecified atom stereocenters. The van der Waals surface area contributed by atoms with Crippen molar-refractivity contribution in [1.29, 1.82) is 0 Å². The Kier molecular flexibility index (Phi) is 1.82. The minimum atomic E-state index is 0.815. The van der Waals surface area contributed by atoms with E-state index in [4.69, 9.17) is 0 Å². The molecular formula is C10H11NO. The molecule has 2 heteroatoms. The molecule has 0 saturated heterocycles. The molecule has 0 spiro atoms. The van der Waals surface area contributed by atoms with Crippen LogP contribution in [0.2, 0.25) is 0 Å². The van der Waals surface area contributed by atoms with E-state index < -0.39 is 0 Å². The van der Waals surface area contributed by atoms with Crippen molar-refractivity contribution in [2.45, 2.75) is 19.3 Å². The Morgan fingerprint density at radius 3 is 2.92 bits per heavy atom. The lowest BCUT2D eigenvalue weighted by molar-refractivity contribution is -0.608. The highest BCUT2D eigenvalue weighted by Crippen LogP contribution is 2.24. The van der Waals surface area contributed by atoms with Gasteiger partial charge < -0.3 is 5.21 Å². The Morgan fingerprint density at radius 1 is 1.33 bits per heavy atom. The van der Waals surface area contributed by atoms with Crippen molar-refractivity contribution in [2.75, 3.05) is 0 Å². The molecule has 1 aromatic heterocycles. The highest BCUT2D eigenvalue weighted by atomic mass is 16.5. The average molecular weight is 161 g/mol. The van der Waals surface area contributed by atoms with E-state index in [-0.39, 0.29) is 0 Å². The number of aromatic nitrogens is 1. The van der Waals surface area contributed by atoms with E-state index in [1.165, 1.54) is 12.0 Å². The summed E-state index contributed by atoms with van der Waals surface area (Å²) in [6.45, 7) is 0. The Balaban J connectivity index is 2.39. The van der Waals surface area contributed by atoms with E-state index in [0.717, 1.165) is 23.3 Å². The van der Waals surface area contributed by atoms with Gasteiger partial charge in [-0.05, 0) is 25.3 Å². The van der Waals surface area contributed by atoms with E-state index in [1.54, 1.807) is 12.3 Å². The highest BCUT2D eigenvalue weighted by molar-refractivity contribution is 5.62. The van der Waals surface area contributed by atoms with Crippen LogP contribution in [0.15, 0.2) is 30.5 Å². The summed E-state index contributed by atoms with van der Waals surface area (Å²) in [5, 5.41) is 11.3. The minimum Gasteiger partial charge on any atom is -0.618 e. The van der Waals surface area contributed by atoms with Gasteiger partial charge in [-0.3, -0.25) is 0 Å². The maximum atomic E-state index is 11.3. The number of hydrogen-bond donors (Lipinski definition) is 0. The Labute approximate surface area is 71.7 Å². The van der Waals surface area contributed by atoms with Crippen LogP contribution >= 0.6 is 0 Å². The zero-order chi connectivity index (χ0) is 8.39. The fraction of sp³-hybridized carbons (Fsp3) is 0.300. The smallest absolute Gasteiger partial charge is 0.219 e. The predicted molar refractivity (Wildman–Crippen MR) is 47.2 cm³/mol. The fourth-order valence-corrected chi connectivity index (χ4v) is 1.58. The van der Waals surface area contributed by atoms with Gasteiger partial charge >= 0.3 is 0 Å². The van der Waals surface area contributed by atoms with Crippen molar-refractivity contribution in [2.24, 2.45) is 0 Å². The summed E-state index contributed by atoms with van der Waals surface area (Å²) in [4.78, 5) is 0. The molecule has 0 aromatic carbocycles. The number of pyridine rings is 1. The molecule has 62 valence electrons. The maximum absolute atomic E-state index is 11.3. The normalized spacial score (nSPS) is 16.2. The monoisotopic (exact) mass is 161 g/mol. The van der Waals surface area contributed by atoms with Gasteiger partial charge in [0.05, 0.1) is 0 Å². The minimum absolute atomic E-state index is 0.815. The topological polar surface area (TPSA) is 26.9 Å². The van der Waals surface area contributed by atoms with Gasteiger partial charge in [-0.25, -0.2) is 0 Å². The van der Waals surface area contributed by atoms with E-state index >= 15 is 0 Å². The van der Waals surface area contributed by atoms with Crippen LogP contribution in [-0.2, 0) is 0 Å². The zero-order valence-corrected chi connectivity index (χ0v) is 6.86. The number of rotatable bonds is 1. The Morgan fingerprint density at radius 2 is 2.25 bits per heavy atom. The molecule has 0 bridgehead atoms. The molecule has 1 heterocycles. The van der Waals surface area contributed by atoms with E-state index in [9.17, 15) is 5.21 Å². The first-order valence-corrected chi connectivity index (χ1v) is 4.25. The molecule has 0 amide bonds. The molecule has 0 radical (unpaired) electrons. The summed E-state index contributed by atoms with van der Waals surface area (Å²) in [7, 11) is 0. The molecule has 0 N–H and O–H groups in total.